The lowest BCUT2D eigenvalue weighted by atomic mass is 10.0. The van der Waals surface area contributed by atoms with Gasteiger partial charge < -0.3 is 15.0 Å². The molecule has 112 valence electrons. The van der Waals surface area contributed by atoms with E-state index >= 15 is 0 Å². The monoisotopic (exact) mass is 304 g/mol. The van der Waals surface area contributed by atoms with Gasteiger partial charge in [-0.25, -0.2) is 0 Å². The van der Waals surface area contributed by atoms with E-state index in [1.165, 1.54) is 11.3 Å². The molecule has 1 unspecified atom stereocenters. The lowest BCUT2D eigenvalue weighted by Crippen LogP contribution is -2.34. The molecule has 0 radical (unpaired) electrons. The first kappa shape index (κ1) is 15.5. The fourth-order valence-corrected chi connectivity index (χ4v) is 2.84. The van der Waals surface area contributed by atoms with Crippen LogP contribution < -0.4 is 10.1 Å². The maximum Gasteiger partial charge on any atom is 0.261 e. The molecule has 0 spiro atoms. The van der Waals surface area contributed by atoms with Crippen molar-refractivity contribution >= 4 is 17.2 Å². The van der Waals surface area contributed by atoms with Gasteiger partial charge in [-0.3, -0.25) is 4.79 Å². The first-order valence-corrected chi connectivity index (χ1v) is 7.62. The highest BCUT2D eigenvalue weighted by Crippen LogP contribution is 2.27. The van der Waals surface area contributed by atoms with Crippen molar-refractivity contribution in [1.82, 2.24) is 10.2 Å². The summed E-state index contributed by atoms with van der Waals surface area (Å²) in [4.78, 5) is 14.9. The van der Waals surface area contributed by atoms with Crippen LogP contribution in [-0.4, -0.2) is 38.6 Å². The van der Waals surface area contributed by atoms with Gasteiger partial charge in [-0.1, -0.05) is 24.3 Å². The molecule has 1 aromatic carbocycles. The standard InChI is InChI=1S/C16H20N2O2S/c1-18(2)13(12-7-4-5-8-14(12)20-3)11-17-16(19)15-9-6-10-21-15/h4-10,13H,11H2,1-3H3,(H,17,19). The Bertz CT molecular complexity index is 582. The molecule has 5 heteroatoms. The van der Waals surface area contributed by atoms with Crippen LogP contribution >= 0.6 is 11.3 Å². The number of benzene rings is 1. The number of nitrogens with zero attached hydrogens (tertiary/aromatic N) is 1. The largest absolute Gasteiger partial charge is 0.496 e. The Morgan fingerprint density at radius 1 is 1.29 bits per heavy atom. The van der Waals surface area contributed by atoms with Gasteiger partial charge in [-0.05, 0) is 31.6 Å². The van der Waals surface area contributed by atoms with Gasteiger partial charge in [0.15, 0.2) is 0 Å². The fraction of sp³-hybridized carbons (Fsp3) is 0.312. The van der Waals surface area contributed by atoms with Gasteiger partial charge in [0.1, 0.15) is 5.75 Å². The summed E-state index contributed by atoms with van der Waals surface area (Å²) >= 11 is 1.44. The summed E-state index contributed by atoms with van der Waals surface area (Å²) in [5.41, 5.74) is 1.07. The number of rotatable bonds is 6. The molecule has 0 aliphatic heterocycles. The minimum Gasteiger partial charge on any atom is -0.496 e. The first-order valence-electron chi connectivity index (χ1n) is 6.74. The Hall–Kier alpha value is -1.85. The second kappa shape index (κ2) is 7.24. The molecule has 4 nitrogen and oxygen atoms in total. The molecule has 21 heavy (non-hydrogen) atoms. The minimum absolute atomic E-state index is 0.0354. The highest BCUT2D eigenvalue weighted by atomic mass is 32.1. The average molecular weight is 304 g/mol. The Balaban J connectivity index is 2.11. The molecular formula is C16H20N2O2S. The van der Waals surface area contributed by atoms with E-state index in [4.69, 9.17) is 4.74 Å². The summed E-state index contributed by atoms with van der Waals surface area (Å²) in [5, 5.41) is 4.89. The van der Waals surface area contributed by atoms with Gasteiger partial charge in [-0.2, -0.15) is 0 Å². The third-order valence-electron chi connectivity index (χ3n) is 3.32. The number of hydrogen-bond acceptors (Lipinski definition) is 4. The number of para-hydroxylation sites is 1. The van der Waals surface area contributed by atoms with Crippen molar-refractivity contribution < 1.29 is 9.53 Å². The SMILES string of the molecule is COc1ccccc1C(CNC(=O)c1cccs1)N(C)C. The number of amides is 1. The molecule has 0 bridgehead atoms. The van der Waals surface area contributed by atoms with Gasteiger partial charge in [0, 0.05) is 12.1 Å². The molecular weight excluding hydrogens is 284 g/mol. The molecule has 2 rings (SSSR count). The number of carbonyl (C=O) groups excluding carboxylic acids is 1. The van der Waals surface area contributed by atoms with E-state index in [0.29, 0.717) is 6.54 Å². The van der Waals surface area contributed by atoms with Crippen LogP contribution in [0, 0.1) is 0 Å². The van der Waals surface area contributed by atoms with Crippen LogP contribution in [0.1, 0.15) is 21.3 Å². The number of likely N-dealkylation sites (N-methyl/N-ethyl adjacent to an activating group) is 1. The number of carbonyl (C=O) groups is 1. The van der Waals surface area contributed by atoms with Gasteiger partial charge in [0.05, 0.1) is 18.0 Å². The van der Waals surface area contributed by atoms with Gasteiger partial charge in [-0.15, -0.1) is 11.3 Å². The zero-order chi connectivity index (χ0) is 15.2. The summed E-state index contributed by atoms with van der Waals surface area (Å²) < 4.78 is 5.42. The number of thiophene rings is 1. The predicted molar refractivity (Wildman–Crippen MR) is 86.1 cm³/mol. The van der Waals surface area contributed by atoms with Crippen LogP contribution in [0.2, 0.25) is 0 Å². The molecule has 0 aliphatic carbocycles. The van der Waals surface area contributed by atoms with Gasteiger partial charge in [0.25, 0.3) is 5.91 Å². The predicted octanol–water partition coefficient (Wildman–Crippen LogP) is 2.79. The molecule has 0 saturated heterocycles. The van der Waals surface area contributed by atoms with Crippen molar-refractivity contribution in [3.8, 4) is 5.75 Å². The minimum atomic E-state index is -0.0354. The van der Waals surface area contributed by atoms with Crippen LogP contribution in [0.15, 0.2) is 41.8 Å². The zero-order valence-corrected chi connectivity index (χ0v) is 13.3. The summed E-state index contributed by atoms with van der Waals surface area (Å²) in [7, 11) is 5.65. The molecule has 0 fully saturated rings. The van der Waals surface area contributed by atoms with Crippen LogP contribution in [0.4, 0.5) is 0 Å². The molecule has 1 heterocycles. The maximum absolute atomic E-state index is 12.1. The van der Waals surface area contributed by atoms with Crippen molar-refractivity contribution in [1.29, 1.82) is 0 Å². The Kier molecular flexibility index (Phi) is 5.36. The van der Waals surface area contributed by atoms with Crippen molar-refractivity contribution in [3.63, 3.8) is 0 Å². The van der Waals surface area contributed by atoms with Crippen molar-refractivity contribution in [3.05, 3.63) is 52.2 Å². The summed E-state index contributed by atoms with van der Waals surface area (Å²) in [6.45, 7) is 0.532. The Morgan fingerprint density at radius 2 is 2.05 bits per heavy atom. The number of nitrogens with one attached hydrogen (secondary N) is 1. The summed E-state index contributed by atoms with van der Waals surface area (Å²) in [6.07, 6.45) is 0. The van der Waals surface area contributed by atoms with E-state index in [2.05, 4.69) is 10.2 Å². The molecule has 0 saturated carbocycles. The molecule has 1 aromatic heterocycles. The topological polar surface area (TPSA) is 41.6 Å². The molecule has 1 amide bonds. The highest BCUT2D eigenvalue weighted by molar-refractivity contribution is 7.12. The lowest BCUT2D eigenvalue weighted by Gasteiger charge is -2.26. The fourth-order valence-electron chi connectivity index (χ4n) is 2.20. The number of hydrogen-bond donors (Lipinski definition) is 1. The van der Waals surface area contributed by atoms with E-state index in [9.17, 15) is 4.79 Å². The van der Waals surface area contributed by atoms with Gasteiger partial charge >= 0.3 is 0 Å². The average Bonchev–Trinajstić information content (AvgIpc) is 3.01. The maximum atomic E-state index is 12.1. The van der Waals surface area contributed by atoms with Gasteiger partial charge in [0.2, 0.25) is 0 Å². The zero-order valence-electron chi connectivity index (χ0n) is 12.5. The third kappa shape index (κ3) is 3.83. The van der Waals surface area contributed by atoms with E-state index in [1.54, 1.807) is 7.11 Å². The molecule has 2 aromatic rings. The van der Waals surface area contributed by atoms with E-state index in [0.717, 1.165) is 16.2 Å². The first-order chi connectivity index (χ1) is 10.1. The normalized spacial score (nSPS) is 12.2. The molecule has 1 atom stereocenters. The second-order valence-electron chi connectivity index (χ2n) is 4.91. The Labute approximate surface area is 129 Å². The molecule has 0 aliphatic rings. The molecule has 1 N–H and O–H groups in total. The van der Waals surface area contributed by atoms with Crippen LogP contribution in [0.25, 0.3) is 0 Å². The second-order valence-corrected chi connectivity index (χ2v) is 5.86. The smallest absolute Gasteiger partial charge is 0.261 e. The van der Waals surface area contributed by atoms with Crippen LogP contribution in [0.5, 0.6) is 5.75 Å². The lowest BCUT2D eigenvalue weighted by molar-refractivity contribution is 0.0945. The number of ether oxygens (including phenoxy) is 1. The van der Waals surface area contributed by atoms with E-state index < -0.39 is 0 Å². The number of methoxy groups -OCH3 is 1. The van der Waals surface area contributed by atoms with Crippen molar-refractivity contribution in [2.24, 2.45) is 0 Å². The van der Waals surface area contributed by atoms with Crippen LogP contribution in [0.3, 0.4) is 0 Å². The van der Waals surface area contributed by atoms with E-state index in [-0.39, 0.29) is 11.9 Å². The summed E-state index contributed by atoms with van der Waals surface area (Å²) in [5.74, 6) is 0.799. The summed E-state index contributed by atoms with van der Waals surface area (Å²) in [6, 6.07) is 11.7. The quantitative estimate of drug-likeness (QED) is 0.892. The van der Waals surface area contributed by atoms with Crippen LogP contribution in [-0.2, 0) is 0 Å². The van der Waals surface area contributed by atoms with Crippen molar-refractivity contribution in [2.75, 3.05) is 27.7 Å². The van der Waals surface area contributed by atoms with E-state index in [1.807, 2.05) is 55.9 Å². The van der Waals surface area contributed by atoms with Crippen molar-refractivity contribution in [2.45, 2.75) is 6.04 Å². The Morgan fingerprint density at radius 3 is 2.67 bits per heavy atom. The third-order valence-corrected chi connectivity index (χ3v) is 4.19. The highest BCUT2D eigenvalue weighted by Gasteiger charge is 2.19.